The highest BCUT2D eigenvalue weighted by atomic mass is 16.5. The van der Waals surface area contributed by atoms with Gasteiger partial charge in [0.2, 0.25) is 5.91 Å². The molecule has 2 rings (SSSR count). The van der Waals surface area contributed by atoms with Crippen molar-refractivity contribution >= 4 is 11.8 Å². The Morgan fingerprint density at radius 2 is 2.04 bits per heavy atom. The summed E-state index contributed by atoms with van der Waals surface area (Å²) in [7, 11) is 0. The average molecular weight is 348 g/mol. The van der Waals surface area contributed by atoms with E-state index in [9.17, 15) is 14.7 Å². The Hall–Kier alpha value is -2.08. The van der Waals surface area contributed by atoms with Gasteiger partial charge in [-0.1, -0.05) is 18.9 Å². The number of aliphatic hydroxyl groups excluding tert-OH is 1. The van der Waals surface area contributed by atoms with E-state index in [0.717, 1.165) is 32.1 Å². The lowest BCUT2D eigenvalue weighted by Gasteiger charge is -2.11. The Morgan fingerprint density at radius 3 is 2.76 bits per heavy atom. The molecule has 6 heteroatoms. The molecule has 1 fully saturated rings. The number of hydrogen-bond donors (Lipinski definition) is 3. The normalized spacial score (nSPS) is 15.6. The SMILES string of the molecule is C[C@H](O)CNC(=O)c1cccc(OCCCNC(=O)C2CCCC2)c1. The zero-order valence-electron chi connectivity index (χ0n) is 14.8. The third-order valence-corrected chi connectivity index (χ3v) is 4.27. The van der Waals surface area contributed by atoms with Crippen molar-refractivity contribution in [1.82, 2.24) is 10.6 Å². The molecule has 0 spiro atoms. The molecule has 138 valence electrons. The minimum atomic E-state index is -0.581. The second-order valence-corrected chi connectivity index (χ2v) is 6.56. The number of ether oxygens (including phenoxy) is 1. The van der Waals surface area contributed by atoms with Crippen LogP contribution in [0.5, 0.6) is 5.75 Å². The maximum absolute atomic E-state index is 12.0. The van der Waals surface area contributed by atoms with Crippen LogP contribution in [0.2, 0.25) is 0 Å². The lowest BCUT2D eigenvalue weighted by Crippen LogP contribution is -2.30. The molecule has 0 aliphatic heterocycles. The van der Waals surface area contributed by atoms with Crippen molar-refractivity contribution in [2.75, 3.05) is 19.7 Å². The van der Waals surface area contributed by atoms with Gasteiger partial charge in [0, 0.05) is 24.6 Å². The maximum atomic E-state index is 12.0. The third kappa shape index (κ3) is 6.74. The van der Waals surface area contributed by atoms with Gasteiger partial charge in [-0.15, -0.1) is 0 Å². The van der Waals surface area contributed by atoms with Gasteiger partial charge in [0.1, 0.15) is 5.75 Å². The maximum Gasteiger partial charge on any atom is 0.251 e. The number of benzene rings is 1. The molecular weight excluding hydrogens is 320 g/mol. The fourth-order valence-electron chi connectivity index (χ4n) is 2.88. The molecule has 0 unspecified atom stereocenters. The summed E-state index contributed by atoms with van der Waals surface area (Å²) in [6.45, 7) is 2.91. The van der Waals surface area contributed by atoms with Crippen molar-refractivity contribution < 1.29 is 19.4 Å². The van der Waals surface area contributed by atoms with Gasteiger partial charge in [-0.3, -0.25) is 9.59 Å². The topological polar surface area (TPSA) is 87.7 Å². The number of aliphatic hydroxyl groups is 1. The van der Waals surface area contributed by atoms with Crippen LogP contribution in [0.15, 0.2) is 24.3 Å². The van der Waals surface area contributed by atoms with Crippen LogP contribution >= 0.6 is 0 Å². The first-order valence-electron chi connectivity index (χ1n) is 9.03. The predicted octanol–water partition coefficient (Wildman–Crippen LogP) is 1.87. The Balaban J connectivity index is 1.67. The quantitative estimate of drug-likeness (QED) is 0.595. The van der Waals surface area contributed by atoms with Crippen LogP contribution in [0.3, 0.4) is 0 Å². The van der Waals surface area contributed by atoms with Crippen LogP contribution in [0.1, 0.15) is 49.4 Å². The highest BCUT2D eigenvalue weighted by Gasteiger charge is 2.21. The Morgan fingerprint density at radius 1 is 1.28 bits per heavy atom. The smallest absolute Gasteiger partial charge is 0.251 e. The van der Waals surface area contributed by atoms with Crippen molar-refractivity contribution in [3.8, 4) is 5.75 Å². The predicted molar refractivity (Wildman–Crippen MR) is 95.5 cm³/mol. The third-order valence-electron chi connectivity index (χ3n) is 4.27. The molecule has 0 heterocycles. The Kier molecular flexibility index (Phi) is 7.73. The van der Waals surface area contributed by atoms with Crippen molar-refractivity contribution in [3.05, 3.63) is 29.8 Å². The largest absolute Gasteiger partial charge is 0.494 e. The number of rotatable bonds is 9. The van der Waals surface area contributed by atoms with Gasteiger partial charge in [0.15, 0.2) is 0 Å². The standard InChI is InChI=1S/C19H28N2O4/c1-14(22)13-21-19(24)16-8-4-9-17(12-16)25-11-5-10-20-18(23)15-6-2-3-7-15/h4,8-9,12,14-15,22H,2-3,5-7,10-11,13H2,1H3,(H,20,23)(H,21,24)/t14-/m0/s1. The first-order valence-corrected chi connectivity index (χ1v) is 9.03. The van der Waals surface area contributed by atoms with E-state index in [4.69, 9.17) is 4.74 Å². The van der Waals surface area contributed by atoms with Crippen molar-refractivity contribution in [2.45, 2.75) is 45.1 Å². The van der Waals surface area contributed by atoms with E-state index >= 15 is 0 Å². The molecule has 2 amide bonds. The Bertz CT molecular complexity index is 568. The molecule has 1 atom stereocenters. The fraction of sp³-hybridized carbons (Fsp3) is 0.579. The summed E-state index contributed by atoms with van der Waals surface area (Å²) in [5.74, 6) is 0.731. The van der Waals surface area contributed by atoms with E-state index in [1.807, 2.05) is 0 Å². The van der Waals surface area contributed by atoms with Crippen LogP contribution < -0.4 is 15.4 Å². The van der Waals surface area contributed by atoms with Gasteiger partial charge in [-0.25, -0.2) is 0 Å². The highest BCUT2D eigenvalue weighted by molar-refractivity contribution is 5.94. The molecule has 0 bridgehead atoms. The molecule has 0 saturated heterocycles. The van der Waals surface area contributed by atoms with Crippen LogP contribution in [0, 0.1) is 5.92 Å². The minimum absolute atomic E-state index is 0.161. The minimum Gasteiger partial charge on any atom is -0.494 e. The van der Waals surface area contributed by atoms with Crippen molar-refractivity contribution in [2.24, 2.45) is 5.92 Å². The molecule has 0 aromatic heterocycles. The van der Waals surface area contributed by atoms with Gasteiger partial charge >= 0.3 is 0 Å². The number of carbonyl (C=O) groups is 2. The zero-order chi connectivity index (χ0) is 18.1. The number of nitrogens with one attached hydrogen (secondary N) is 2. The summed E-state index contributed by atoms with van der Waals surface area (Å²) >= 11 is 0. The summed E-state index contributed by atoms with van der Waals surface area (Å²) < 4.78 is 5.65. The summed E-state index contributed by atoms with van der Waals surface area (Å²) in [6.07, 6.45) is 4.46. The summed E-state index contributed by atoms with van der Waals surface area (Å²) in [6, 6.07) is 6.93. The van der Waals surface area contributed by atoms with Gasteiger partial charge in [0.25, 0.3) is 5.91 Å². The number of carbonyl (C=O) groups excluding carboxylic acids is 2. The molecule has 25 heavy (non-hydrogen) atoms. The Labute approximate surface area is 149 Å². The molecule has 1 aromatic carbocycles. The van der Waals surface area contributed by atoms with Crippen LogP contribution in [-0.2, 0) is 4.79 Å². The van der Waals surface area contributed by atoms with Gasteiger partial charge in [-0.2, -0.15) is 0 Å². The fourth-order valence-corrected chi connectivity index (χ4v) is 2.88. The van der Waals surface area contributed by atoms with E-state index in [0.29, 0.717) is 24.5 Å². The monoisotopic (exact) mass is 348 g/mol. The van der Waals surface area contributed by atoms with E-state index < -0.39 is 6.10 Å². The number of hydrogen-bond acceptors (Lipinski definition) is 4. The van der Waals surface area contributed by atoms with E-state index in [1.54, 1.807) is 31.2 Å². The van der Waals surface area contributed by atoms with Gasteiger partial charge in [0.05, 0.1) is 12.7 Å². The van der Waals surface area contributed by atoms with Crippen molar-refractivity contribution in [1.29, 1.82) is 0 Å². The summed E-state index contributed by atoms with van der Waals surface area (Å²) in [5.41, 5.74) is 0.493. The molecule has 1 saturated carbocycles. The van der Waals surface area contributed by atoms with Crippen LogP contribution in [-0.4, -0.2) is 42.7 Å². The van der Waals surface area contributed by atoms with Gasteiger partial charge in [-0.05, 0) is 44.4 Å². The van der Waals surface area contributed by atoms with E-state index in [2.05, 4.69) is 10.6 Å². The number of amides is 2. The first-order chi connectivity index (χ1) is 12.1. The average Bonchev–Trinajstić information content (AvgIpc) is 3.14. The molecule has 6 nitrogen and oxygen atoms in total. The van der Waals surface area contributed by atoms with Crippen molar-refractivity contribution in [3.63, 3.8) is 0 Å². The molecule has 1 aliphatic carbocycles. The van der Waals surface area contributed by atoms with E-state index in [-0.39, 0.29) is 24.3 Å². The lowest BCUT2D eigenvalue weighted by molar-refractivity contribution is -0.124. The summed E-state index contributed by atoms with van der Waals surface area (Å²) in [5, 5.41) is 14.8. The van der Waals surface area contributed by atoms with Gasteiger partial charge < -0.3 is 20.5 Å². The van der Waals surface area contributed by atoms with Crippen LogP contribution in [0.25, 0.3) is 0 Å². The summed E-state index contributed by atoms with van der Waals surface area (Å²) in [4.78, 5) is 23.8. The second kappa shape index (κ2) is 10.0. The first kappa shape index (κ1) is 19.2. The molecule has 1 aromatic rings. The molecular formula is C19H28N2O4. The van der Waals surface area contributed by atoms with Crippen LogP contribution in [0.4, 0.5) is 0 Å². The molecule has 3 N–H and O–H groups in total. The second-order valence-electron chi connectivity index (χ2n) is 6.56. The van der Waals surface area contributed by atoms with E-state index in [1.165, 1.54) is 0 Å². The zero-order valence-corrected chi connectivity index (χ0v) is 14.8. The lowest BCUT2D eigenvalue weighted by atomic mass is 10.1. The highest BCUT2D eigenvalue weighted by Crippen LogP contribution is 2.24. The molecule has 1 aliphatic rings. The molecule has 0 radical (unpaired) electrons.